The molecule has 4 heteroatoms. The van der Waals surface area contributed by atoms with Gasteiger partial charge in [-0.3, -0.25) is 11.1 Å². The molecule has 4 nitrogen and oxygen atoms in total. The maximum atomic E-state index is 5.21. The molecule has 0 unspecified atom stereocenters. The molecule has 0 aliphatic carbocycles. The number of hydrogen-bond acceptors (Lipinski definition) is 2. The highest BCUT2D eigenvalue weighted by Gasteiger charge is 1.99. The van der Waals surface area contributed by atoms with Gasteiger partial charge < -0.3 is 0 Å². The molecule has 0 fully saturated rings. The summed E-state index contributed by atoms with van der Waals surface area (Å²) >= 11 is 0. The Morgan fingerprint density at radius 3 is 2.78 bits per heavy atom. The fourth-order valence-corrected chi connectivity index (χ4v) is 0.455. The minimum atomic E-state index is 0.197. The minimum Gasteiger partial charge on any atom is -0.286 e. The fraction of sp³-hybridized carbons (Fsp3) is 0. The van der Waals surface area contributed by atoms with Crippen LogP contribution in [0.1, 0.15) is 5.69 Å². The Hall–Kier alpha value is -1.45. The van der Waals surface area contributed by atoms with Gasteiger partial charge in [-0.25, -0.2) is 0 Å². The molecule has 1 heterocycles. The normalized spacial score (nSPS) is 8.89. The van der Waals surface area contributed by atoms with Gasteiger partial charge in [-0.1, -0.05) is 0 Å². The summed E-state index contributed by atoms with van der Waals surface area (Å²) in [5, 5.41) is 12.4. The Morgan fingerprint density at radius 1 is 1.67 bits per heavy atom. The summed E-state index contributed by atoms with van der Waals surface area (Å²) in [7, 11) is 0. The zero-order valence-corrected chi connectivity index (χ0v) is 4.78. The van der Waals surface area contributed by atoms with E-state index in [0.717, 1.165) is 0 Å². The molecule has 0 amide bonds. The third-order valence-electron chi connectivity index (χ3n) is 0.868. The molecule has 46 valence electrons. The van der Waals surface area contributed by atoms with Crippen LogP contribution in [0.15, 0.2) is 18.3 Å². The number of nitrogens with zero attached hydrogens (tertiary/aromatic N) is 2. The summed E-state index contributed by atoms with van der Waals surface area (Å²) in [5.74, 6) is 0.197. The van der Waals surface area contributed by atoms with E-state index in [1.54, 1.807) is 18.3 Å². The SMILES string of the molecule is NC(=[NH2+])c1cccnn1. The first-order chi connectivity index (χ1) is 4.30. The summed E-state index contributed by atoms with van der Waals surface area (Å²) in [6.45, 7) is 0. The van der Waals surface area contributed by atoms with E-state index < -0.39 is 0 Å². The zero-order chi connectivity index (χ0) is 6.69. The van der Waals surface area contributed by atoms with Gasteiger partial charge in [-0.05, 0) is 12.1 Å². The van der Waals surface area contributed by atoms with Gasteiger partial charge in [0.1, 0.15) is 0 Å². The van der Waals surface area contributed by atoms with E-state index in [1.165, 1.54) is 0 Å². The van der Waals surface area contributed by atoms with Gasteiger partial charge in [-0.15, -0.1) is 5.10 Å². The topological polar surface area (TPSA) is 77.4 Å². The van der Waals surface area contributed by atoms with E-state index in [1.807, 2.05) is 0 Å². The molecule has 1 aromatic rings. The van der Waals surface area contributed by atoms with Crippen molar-refractivity contribution in [1.82, 2.24) is 10.2 Å². The molecule has 0 bridgehead atoms. The number of amidine groups is 1. The van der Waals surface area contributed by atoms with Gasteiger partial charge in [-0.2, -0.15) is 5.10 Å². The second kappa shape index (κ2) is 2.21. The van der Waals surface area contributed by atoms with E-state index in [9.17, 15) is 0 Å². The molecule has 0 saturated carbocycles. The number of nitrogens with two attached hydrogens (primary N) is 2. The van der Waals surface area contributed by atoms with Crippen LogP contribution in [0.2, 0.25) is 0 Å². The minimum absolute atomic E-state index is 0.197. The maximum absolute atomic E-state index is 5.21. The average Bonchev–Trinajstić information content (AvgIpc) is 1.90. The Kier molecular flexibility index (Phi) is 1.40. The van der Waals surface area contributed by atoms with Gasteiger partial charge in [0.2, 0.25) is 0 Å². The standard InChI is InChI=1S/C5H6N4/c6-5(7)4-2-1-3-8-9-4/h1-3H,(H3,6,7)/p+1. The average molecular weight is 123 g/mol. The molecule has 0 radical (unpaired) electrons. The van der Waals surface area contributed by atoms with Crippen molar-refractivity contribution in [3.63, 3.8) is 0 Å². The second-order valence-electron chi connectivity index (χ2n) is 1.56. The molecule has 1 rings (SSSR count). The van der Waals surface area contributed by atoms with E-state index in [4.69, 9.17) is 11.1 Å². The first-order valence-electron chi connectivity index (χ1n) is 2.46. The monoisotopic (exact) mass is 123 g/mol. The van der Waals surface area contributed by atoms with Gasteiger partial charge in [0.05, 0.1) is 0 Å². The van der Waals surface area contributed by atoms with Crippen molar-refractivity contribution >= 4 is 5.84 Å². The Bertz CT molecular complexity index is 205. The zero-order valence-electron chi connectivity index (χ0n) is 4.78. The van der Waals surface area contributed by atoms with Gasteiger partial charge in [0.25, 0.3) is 5.84 Å². The van der Waals surface area contributed by atoms with Crippen LogP contribution in [0.5, 0.6) is 0 Å². The van der Waals surface area contributed by atoms with Crippen molar-refractivity contribution in [3.8, 4) is 0 Å². The predicted octanol–water partition coefficient (Wildman–Crippen LogP) is -2.06. The third-order valence-corrected chi connectivity index (χ3v) is 0.868. The van der Waals surface area contributed by atoms with Crippen LogP contribution in [0.25, 0.3) is 0 Å². The van der Waals surface area contributed by atoms with E-state index in [2.05, 4.69) is 10.2 Å². The first kappa shape index (κ1) is 5.68. The lowest BCUT2D eigenvalue weighted by atomic mass is 10.4. The molecular formula is C5H7N4+. The van der Waals surface area contributed by atoms with Crippen LogP contribution in [0.3, 0.4) is 0 Å². The Balaban J connectivity index is 2.98. The molecule has 1 aromatic heterocycles. The second-order valence-corrected chi connectivity index (χ2v) is 1.56. The van der Waals surface area contributed by atoms with Crippen LogP contribution in [0.4, 0.5) is 0 Å². The van der Waals surface area contributed by atoms with E-state index in [-0.39, 0.29) is 5.84 Å². The van der Waals surface area contributed by atoms with Gasteiger partial charge >= 0.3 is 0 Å². The highest BCUT2D eigenvalue weighted by atomic mass is 15.1. The predicted molar refractivity (Wildman–Crippen MR) is 32.3 cm³/mol. The van der Waals surface area contributed by atoms with Crippen molar-refractivity contribution in [2.75, 3.05) is 0 Å². The smallest absolute Gasteiger partial charge is 0.286 e. The lowest BCUT2D eigenvalue weighted by Crippen LogP contribution is -2.46. The molecule has 0 aliphatic heterocycles. The summed E-state index contributed by atoms with van der Waals surface area (Å²) in [4.78, 5) is 0. The number of aromatic nitrogens is 2. The summed E-state index contributed by atoms with van der Waals surface area (Å²) in [6.07, 6.45) is 1.56. The van der Waals surface area contributed by atoms with Crippen molar-refractivity contribution in [1.29, 1.82) is 0 Å². The molecular weight excluding hydrogens is 116 g/mol. The summed E-state index contributed by atoms with van der Waals surface area (Å²) in [6, 6.07) is 3.42. The van der Waals surface area contributed by atoms with Crippen molar-refractivity contribution < 1.29 is 5.41 Å². The van der Waals surface area contributed by atoms with Crippen LogP contribution in [-0.2, 0) is 0 Å². The Labute approximate surface area is 52.2 Å². The molecule has 9 heavy (non-hydrogen) atoms. The molecule has 0 aliphatic rings. The molecule has 0 aromatic carbocycles. The van der Waals surface area contributed by atoms with E-state index in [0.29, 0.717) is 5.69 Å². The van der Waals surface area contributed by atoms with Crippen molar-refractivity contribution in [2.45, 2.75) is 0 Å². The summed E-state index contributed by atoms with van der Waals surface area (Å²) < 4.78 is 0. The fourth-order valence-electron chi connectivity index (χ4n) is 0.455. The highest BCUT2D eigenvalue weighted by molar-refractivity contribution is 5.90. The maximum Gasteiger partial charge on any atom is 0.291 e. The highest BCUT2D eigenvalue weighted by Crippen LogP contribution is 1.83. The first-order valence-corrected chi connectivity index (χ1v) is 2.46. The molecule has 0 spiro atoms. The molecule has 4 N–H and O–H groups in total. The molecule has 0 atom stereocenters. The van der Waals surface area contributed by atoms with Gasteiger partial charge in [0, 0.05) is 6.20 Å². The lowest BCUT2D eigenvalue weighted by Gasteiger charge is -1.85. The van der Waals surface area contributed by atoms with Crippen LogP contribution >= 0.6 is 0 Å². The summed E-state index contributed by atoms with van der Waals surface area (Å²) in [5.41, 5.74) is 5.73. The largest absolute Gasteiger partial charge is 0.291 e. The third kappa shape index (κ3) is 1.22. The van der Waals surface area contributed by atoms with Crippen LogP contribution < -0.4 is 11.1 Å². The van der Waals surface area contributed by atoms with Crippen molar-refractivity contribution in [2.24, 2.45) is 5.73 Å². The van der Waals surface area contributed by atoms with Crippen molar-refractivity contribution in [3.05, 3.63) is 24.0 Å². The van der Waals surface area contributed by atoms with Gasteiger partial charge in [0.15, 0.2) is 5.69 Å². The lowest BCUT2D eigenvalue weighted by molar-refractivity contribution is -0.114. The quantitative estimate of drug-likeness (QED) is 0.333. The number of hydrogen-bond donors (Lipinski definition) is 2. The molecule has 0 saturated heterocycles. The number of rotatable bonds is 1. The van der Waals surface area contributed by atoms with E-state index >= 15 is 0 Å². The van der Waals surface area contributed by atoms with Crippen LogP contribution in [0, 0.1) is 0 Å². The van der Waals surface area contributed by atoms with Crippen LogP contribution in [-0.4, -0.2) is 16.0 Å². The Morgan fingerprint density at radius 2 is 2.44 bits per heavy atom.